The third-order valence-corrected chi connectivity index (χ3v) is 22.0. The zero-order chi connectivity index (χ0) is 97.3. The summed E-state index contributed by atoms with van der Waals surface area (Å²) in [6.07, 6.45) is 75.7. The molecule has 130 heavy (non-hydrogen) atoms. The summed E-state index contributed by atoms with van der Waals surface area (Å²) in [5, 5.41) is 34.1. The molecule has 0 aliphatic carbocycles. The molecule has 0 bridgehead atoms. The fourth-order valence-electron chi connectivity index (χ4n) is 13.7. The van der Waals surface area contributed by atoms with E-state index in [1.165, 1.54) is 276 Å². The molecule has 1 saturated heterocycles. The Bertz CT molecular complexity index is 2500. The van der Waals surface area contributed by atoms with Crippen molar-refractivity contribution in [2.45, 2.75) is 536 Å². The van der Waals surface area contributed by atoms with Crippen LogP contribution in [0.3, 0.4) is 0 Å². The molecule has 1 rings (SSSR count). The zero-order valence-electron chi connectivity index (χ0n) is 83.4. The van der Waals surface area contributed by atoms with Crippen LogP contribution in [0.25, 0.3) is 0 Å². The maximum Gasteiger partial charge on any atom is 0.314 e. The van der Waals surface area contributed by atoms with Gasteiger partial charge in [0, 0.05) is 44.9 Å². The predicted octanol–water partition coefficient (Wildman–Crippen LogP) is 25.5. The zero-order valence-corrected chi connectivity index (χ0v) is 84.1. The lowest BCUT2D eigenvalue weighted by molar-refractivity contribution is -0.167. The average Bonchev–Trinajstić information content (AvgIpc) is 1.08. The standard InChI is InChI=1S/C31H56O8.C27H52O5.C27H50O5.C12H23ClO.C4H4O3.C3H6O3/c1-3-5-7-9-11-13-15-17-19-21-29(34)37-25-27(39-31(36)24-23-28(32)33)26-38-30(35)22-20-18-16-14-12-10-8-6-4-2;2*1-3-5-7-9-11-13-15-17-19-21-26(29)31-23-25(28)24-32-27(30)22-20-18-16-14-12-10-8-6-4-2;1-2-3-4-5-6-7-8-9-10-11-12(13)14;5-3-1-2-4(6)7-3;4-1-3(6)2-5/h27H,3-26H2,1-2H3,(H,32,33);25,28H,3-24H2,1-2H3;3-24H2,1-2H3;2-11H2,1H3;1-2H2;4-5H,1-2H2. The van der Waals surface area contributed by atoms with Crippen LogP contribution >= 0.6 is 11.6 Å². The Kier molecular flexibility index (Phi) is 112. The van der Waals surface area contributed by atoms with Crippen LogP contribution in [0.4, 0.5) is 0 Å². The first-order valence-corrected chi connectivity index (χ1v) is 52.5. The Balaban J connectivity index is -0.000000525. The lowest BCUT2D eigenvalue weighted by Gasteiger charge is -2.18. The minimum atomic E-state index is -1.11. The summed E-state index contributed by atoms with van der Waals surface area (Å²) in [6, 6.07) is 0. The van der Waals surface area contributed by atoms with Crippen LogP contribution in [0.5, 0.6) is 0 Å². The molecule has 0 unspecified atom stereocenters. The monoisotopic (exact) mass is 1880 g/mol. The molecule has 4 N–H and O–H groups in total. The van der Waals surface area contributed by atoms with E-state index in [0.717, 1.165) is 128 Å². The van der Waals surface area contributed by atoms with Gasteiger partial charge in [0.15, 0.2) is 25.1 Å². The third kappa shape index (κ3) is 118. The molecule has 0 radical (unpaired) electrons. The highest BCUT2D eigenvalue weighted by Gasteiger charge is 2.22. The van der Waals surface area contributed by atoms with E-state index in [2.05, 4.69) is 53.2 Å². The number of rotatable bonds is 88. The van der Waals surface area contributed by atoms with Crippen molar-refractivity contribution >= 4 is 88.1 Å². The number of carboxylic acids is 1. The van der Waals surface area contributed by atoms with Crippen molar-refractivity contribution in [3.05, 3.63) is 0 Å². The van der Waals surface area contributed by atoms with Gasteiger partial charge in [0.25, 0.3) is 0 Å². The summed E-state index contributed by atoms with van der Waals surface area (Å²) in [5.74, 6) is -5.58. The molecule has 0 saturated carbocycles. The van der Waals surface area contributed by atoms with E-state index in [9.17, 15) is 67.4 Å². The van der Waals surface area contributed by atoms with Gasteiger partial charge in [-0.25, -0.2) is 0 Å². The highest BCUT2D eigenvalue weighted by atomic mass is 35.5. The molecule has 26 heteroatoms. The number of hydrogen-bond acceptors (Lipinski definition) is 24. The lowest BCUT2D eigenvalue weighted by atomic mass is 10.1. The Morgan fingerprint density at radius 3 is 0.654 bits per heavy atom. The maximum absolute atomic E-state index is 12.1. The van der Waals surface area contributed by atoms with Gasteiger partial charge >= 0.3 is 59.7 Å². The number of ketones is 2. The molecule has 25 nitrogen and oxygen atoms in total. The van der Waals surface area contributed by atoms with Crippen molar-refractivity contribution in [3.8, 4) is 0 Å². The molecular weight excluding hydrogens is 1680 g/mol. The van der Waals surface area contributed by atoms with Crippen LogP contribution in [0.15, 0.2) is 0 Å². The number of Topliss-reactive ketones (excluding diaryl/α,β-unsaturated/α-hetero) is 2. The number of carbonyl (C=O) groups excluding carboxylic acids is 12. The van der Waals surface area contributed by atoms with Gasteiger partial charge < -0.3 is 58.3 Å². The van der Waals surface area contributed by atoms with E-state index >= 15 is 0 Å². The van der Waals surface area contributed by atoms with Gasteiger partial charge in [-0.1, -0.05) is 408 Å². The molecule has 0 amide bonds. The Morgan fingerprint density at radius 2 is 0.469 bits per heavy atom. The van der Waals surface area contributed by atoms with Crippen LogP contribution in [-0.2, 0) is 100 Å². The first-order valence-electron chi connectivity index (χ1n) is 52.1. The van der Waals surface area contributed by atoms with Crippen LogP contribution in [0, 0.1) is 0 Å². The number of hydrogen-bond donors (Lipinski definition) is 4. The first kappa shape index (κ1) is 133. The SMILES string of the molecule is CCCCCCCCCCCC(=O)Cl.CCCCCCCCCCCC(=O)OCC(=O)COC(=O)CCCCCCCCCCC.CCCCCCCCCCCC(=O)OCC(COC(=O)CCCCCCCCCCC)OC(=O)CCC(=O)O.CCCCCCCCCCCC(=O)OCC(O)COC(=O)CCCCCCCCCCC.O=C(CO)CO.O=C1CCC(=O)O1. The number of aliphatic hydroxyl groups is 3. The topological polar surface area (TPSA) is 377 Å². The van der Waals surface area contributed by atoms with Crippen molar-refractivity contribution in [1.82, 2.24) is 0 Å². The molecule has 0 aromatic heterocycles. The van der Waals surface area contributed by atoms with Crippen molar-refractivity contribution in [1.29, 1.82) is 0 Å². The summed E-state index contributed by atoms with van der Waals surface area (Å²) < 4.78 is 40.0. The second kappa shape index (κ2) is 110. The molecule has 0 aromatic rings. The van der Waals surface area contributed by atoms with Gasteiger partial charge in [-0.15, -0.1) is 0 Å². The van der Waals surface area contributed by atoms with Gasteiger partial charge in [-0.2, -0.15) is 0 Å². The number of carboxylic acid groups (broad SMARTS) is 1. The fraction of sp³-hybridized carbons (Fsp3) is 0.875. The smallest absolute Gasteiger partial charge is 0.314 e. The quantitative estimate of drug-likeness (QED) is 0.0144. The van der Waals surface area contributed by atoms with Crippen LogP contribution in [0.1, 0.15) is 524 Å². The molecule has 0 atom stereocenters. The maximum atomic E-state index is 12.1. The molecule has 1 aliphatic heterocycles. The number of ether oxygens (including phenoxy) is 8. The molecule has 1 fully saturated rings. The highest BCUT2D eigenvalue weighted by molar-refractivity contribution is 6.63. The highest BCUT2D eigenvalue weighted by Crippen LogP contribution is 2.19. The minimum Gasteiger partial charge on any atom is -0.481 e. The number of halogens is 1. The lowest BCUT2D eigenvalue weighted by Crippen LogP contribution is -2.31. The van der Waals surface area contributed by atoms with E-state index in [0.29, 0.717) is 32.1 Å². The summed E-state index contributed by atoms with van der Waals surface area (Å²) in [6.45, 7) is 13.2. The van der Waals surface area contributed by atoms with Gasteiger partial charge in [-0.3, -0.25) is 62.3 Å². The normalized spacial score (nSPS) is 11.3. The molecule has 1 heterocycles. The Hall–Kier alpha value is -5.92. The van der Waals surface area contributed by atoms with Crippen molar-refractivity contribution in [2.24, 2.45) is 0 Å². The number of aliphatic carboxylic acids is 1. The second-order valence-corrected chi connectivity index (χ2v) is 35.3. The summed E-state index contributed by atoms with van der Waals surface area (Å²) >= 11 is 5.24. The number of cyclic esters (lactones) is 2. The predicted molar refractivity (Wildman–Crippen MR) is 517 cm³/mol. The van der Waals surface area contributed by atoms with Crippen LogP contribution < -0.4 is 0 Å². The second-order valence-electron chi connectivity index (χ2n) is 34.9. The largest absolute Gasteiger partial charge is 0.481 e. The molecule has 1 aliphatic rings. The summed E-state index contributed by atoms with van der Waals surface area (Å²) in [5.41, 5.74) is 0. The van der Waals surface area contributed by atoms with Crippen molar-refractivity contribution in [2.75, 3.05) is 52.9 Å². The van der Waals surface area contributed by atoms with Crippen LogP contribution in [0.2, 0.25) is 0 Å². The van der Waals surface area contributed by atoms with E-state index in [1.54, 1.807) is 0 Å². The average molecular weight is 1880 g/mol. The number of esters is 9. The Morgan fingerprint density at radius 1 is 0.269 bits per heavy atom. The molecule has 764 valence electrons. The summed E-state index contributed by atoms with van der Waals surface area (Å²) in [7, 11) is 0. The molecular formula is C104H191ClO25. The number of carbonyl (C=O) groups is 13. The van der Waals surface area contributed by atoms with Gasteiger partial charge in [0.1, 0.15) is 45.7 Å². The van der Waals surface area contributed by atoms with Gasteiger partial charge in [0.2, 0.25) is 11.0 Å². The van der Waals surface area contributed by atoms with E-state index in [-0.39, 0.29) is 125 Å². The molecule has 0 aromatic carbocycles. The fourth-order valence-corrected chi connectivity index (χ4v) is 13.8. The minimum absolute atomic E-state index is 0.110. The van der Waals surface area contributed by atoms with Crippen molar-refractivity contribution < 1.29 is 121 Å². The number of aliphatic hydroxyl groups excluding tert-OH is 3. The number of unbranched alkanes of at least 4 members (excludes halogenated alkanes) is 56. The Labute approximate surface area is 793 Å². The van der Waals surface area contributed by atoms with Gasteiger partial charge in [-0.05, 0) is 56.5 Å². The summed E-state index contributed by atoms with van der Waals surface area (Å²) in [4.78, 5) is 146. The van der Waals surface area contributed by atoms with E-state index < -0.39 is 55.1 Å². The first-order chi connectivity index (χ1) is 62.9. The van der Waals surface area contributed by atoms with E-state index in [4.69, 9.17) is 60.1 Å². The van der Waals surface area contributed by atoms with Gasteiger partial charge in [0.05, 0.1) is 25.7 Å². The van der Waals surface area contributed by atoms with Crippen LogP contribution in [-0.4, -0.2) is 162 Å². The molecule has 0 spiro atoms. The third-order valence-electron chi connectivity index (χ3n) is 21.9. The van der Waals surface area contributed by atoms with E-state index in [1.807, 2.05) is 0 Å². The van der Waals surface area contributed by atoms with Crippen molar-refractivity contribution in [3.63, 3.8) is 0 Å².